The molecule has 0 aromatic carbocycles. The van der Waals surface area contributed by atoms with Crippen LogP contribution < -0.4 is 4.57 Å². The summed E-state index contributed by atoms with van der Waals surface area (Å²) in [6, 6.07) is 10.2. The van der Waals surface area contributed by atoms with E-state index in [1.165, 1.54) is 11.3 Å². The molecule has 0 unspecified atom stereocenters. The third kappa shape index (κ3) is 3.00. The molecule has 0 bridgehead atoms. The van der Waals surface area contributed by atoms with Crippen LogP contribution in [0.3, 0.4) is 0 Å². The second-order valence-corrected chi connectivity index (χ2v) is 4.01. The van der Waals surface area contributed by atoms with E-state index < -0.39 is 0 Å². The fraction of sp³-hybridized carbons (Fsp3) is 0.200. The first-order valence-electron chi connectivity index (χ1n) is 5.87. The molecule has 0 aliphatic rings. The Balaban J connectivity index is 2.22. The molecule has 0 fully saturated rings. The Labute approximate surface area is 102 Å². The molecule has 2 aromatic heterocycles. The van der Waals surface area contributed by atoms with Crippen molar-refractivity contribution in [1.29, 1.82) is 0 Å². The molecule has 2 heteroatoms. The van der Waals surface area contributed by atoms with Crippen LogP contribution in [-0.2, 0) is 13.5 Å². The highest BCUT2D eigenvalue weighted by atomic mass is 14.9. The van der Waals surface area contributed by atoms with E-state index >= 15 is 0 Å². The SMILES string of the molecule is CCc1ccc(/C=C/c2ccccn2)[n+](C)c1. The second-order valence-electron chi connectivity index (χ2n) is 4.01. The van der Waals surface area contributed by atoms with Crippen LogP contribution in [-0.4, -0.2) is 4.98 Å². The van der Waals surface area contributed by atoms with E-state index in [-0.39, 0.29) is 0 Å². The summed E-state index contributed by atoms with van der Waals surface area (Å²) < 4.78 is 2.14. The summed E-state index contributed by atoms with van der Waals surface area (Å²) in [6.07, 6.45) is 9.15. The van der Waals surface area contributed by atoms with Gasteiger partial charge in [0.15, 0.2) is 6.20 Å². The maximum Gasteiger partial charge on any atom is 0.205 e. The molecule has 17 heavy (non-hydrogen) atoms. The van der Waals surface area contributed by atoms with Gasteiger partial charge in [-0.3, -0.25) is 4.98 Å². The van der Waals surface area contributed by atoms with Crippen molar-refractivity contribution in [1.82, 2.24) is 4.98 Å². The van der Waals surface area contributed by atoms with Crippen molar-refractivity contribution in [2.75, 3.05) is 0 Å². The second kappa shape index (κ2) is 5.39. The number of pyridine rings is 2. The number of aromatic nitrogens is 2. The Morgan fingerprint density at radius 1 is 1.18 bits per heavy atom. The van der Waals surface area contributed by atoms with Crippen molar-refractivity contribution in [3.05, 3.63) is 59.7 Å². The van der Waals surface area contributed by atoms with Crippen LogP contribution >= 0.6 is 0 Å². The summed E-state index contributed by atoms with van der Waals surface area (Å²) in [5.74, 6) is 0. The van der Waals surface area contributed by atoms with Crippen LogP contribution in [0.1, 0.15) is 23.9 Å². The predicted molar refractivity (Wildman–Crippen MR) is 70.2 cm³/mol. The zero-order chi connectivity index (χ0) is 12.1. The van der Waals surface area contributed by atoms with Crippen LogP contribution in [0.25, 0.3) is 12.2 Å². The predicted octanol–water partition coefficient (Wildman–Crippen LogP) is 2.64. The van der Waals surface area contributed by atoms with Gasteiger partial charge in [0.05, 0.1) is 5.69 Å². The Bertz CT molecular complexity index is 516. The Kier molecular flexibility index (Phi) is 3.66. The van der Waals surface area contributed by atoms with Gasteiger partial charge in [-0.1, -0.05) is 13.0 Å². The Morgan fingerprint density at radius 2 is 2.06 bits per heavy atom. The van der Waals surface area contributed by atoms with E-state index in [0.717, 1.165) is 12.1 Å². The molecule has 0 saturated carbocycles. The zero-order valence-electron chi connectivity index (χ0n) is 10.3. The highest BCUT2D eigenvalue weighted by Gasteiger charge is 2.03. The van der Waals surface area contributed by atoms with E-state index in [1.54, 1.807) is 6.20 Å². The summed E-state index contributed by atoms with van der Waals surface area (Å²) >= 11 is 0. The summed E-state index contributed by atoms with van der Waals surface area (Å²) in [5.41, 5.74) is 3.50. The molecule has 2 heterocycles. The number of hydrogen-bond acceptors (Lipinski definition) is 1. The van der Waals surface area contributed by atoms with Crippen LogP contribution in [0.15, 0.2) is 42.7 Å². The lowest BCUT2D eigenvalue weighted by atomic mass is 10.2. The molecule has 86 valence electrons. The van der Waals surface area contributed by atoms with Gasteiger partial charge in [0.1, 0.15) is 7.05 Å². The zero-order valence-corrected chi connectivity index (χ0v) is 10.3. The Morgan fingerprint density at radius 3 is 2.71 bits per heavy atom. The van der Waals surface area contributed by atoms with Crippen molar-refractivity contribution in [2.24, 2.45) is 7.05 Å². The average molecular weight is 225 g/mol. The van der Waals surface area contributed by atoms with Gasteiger partial charge in [0.2, 0.25) is 5.69 Å². The highest BCUT2D eigenvalue weighted by Crippen LogP contribution is 2.04. The normalized spacial score (nSPS) is 10.9. The first kappa shape index (κ1) is 11.5. The molecule has 0 radical (unpaired) electrons. The van der Waals surface area contributed by atoms with Crippen LogP contribution in [0.2, 0.25) is 0 Å². The van der Waals surface area contributed by atoms with E-state index in [0.29, 0.717) is 0 Å². The maximum absolute atomic E-state index is 4.26. The molecule has 0 amide bonds. The van der Waals surface area contributed by atoms with Crippen molar-refractivity contribution >= 4 is 12.2 Å². The first-order valence-corrected chi connectivity index (χ1v) is 5.87. The molecule has 0 spiro atoms. The number of hydrogen-bond donors (Lipinski definition) is 0. The summed E-state index contributed by atoms with van der Waals surface area (Å²) in [4.78, 5) is 4.26. The van der Waals surface area contributed by atoms with Crippen molar-refractivity contribution in [2.45, 2.75) is 13.3 Å². The maximum atomic E-state index is 4.26. The molecule has 0 saturated heterocycles. The minimum atomic E-state index is 0.979. The standard InChI is InChI=1S/C15H17N2/c1-3-13-7-9-15(17(2)12-13)10-8-14-6-4-5-11-16-14/h4-12H,3H2,1-2H3/q+1/b10-8+. The van der Waals surface area contributed by atoms with Crippen LogP contribution in [0.4, 0.5) is 0 Å². The molecule has 2 rings (SSSR count). The number of nitrogens with zero attached hydrogens (tertiary/aromatic N) is 2. The summed E-state index contributed by atoms with van der Waals surface area (Å²) in [5, 5.41) is 0. The lowest BCUT2D eigenvalue weighted by Gasteiger charge is -1.97. The summed E-state index contributed by atoms with van der Waals surface area (Å²) in [7, 11) is 2.07. The minimum Gasteiger partial charge on any atom is -0.257 e. The number of rotatable bonds is 3. The fourth-order valence-electron chi connectivity index (χ4n) is 1.70. The van der Waals surface area contributed by atoms with Crippen molar-refractivity contribution in [3.63, 3.8) is 0 Å². The molecular weight excluding hydrogens is 208 g/mol. The molecule has 0 aliphatic heterocycles. The fourth-order valence-corrected chi connectivity index (χ4v) is 1.70. The van der Waals surface area contributed by atoms with Gasteiger partial charge in [0, 0.05) is 23.9 Å². The van der Waals surface area contributed by atoms with Gasteiger partial charge in [-0.05, 0) is 30.7 Å². The smallest absolute Gasteiger partial charge is 0.205 e. The molecule has 2 aromatic rings. The molecule has 0 N–H and O–H groups in total. The minimum absolute atomic E-state index is 0.979. The molecule has 2 nitrogen and oxygen atoms in total. The molecule has 0 aliphatic carbocycles. The van der Waals surface area contributed by atoms with Gasteiger partial charge >= 0.3 is 0 Å². The van der Waals surface area contributed by atoms with Gasteiger partial charge in [-0.25, -0.2) is 4.57 Å². The average Bonchev–Trinajstić information content (AvgIpc) is 2.38. The molecular formula is C15H17N2+. The van der Waals surface area contributed by atoms with Gasteiger partial charge in [-0.2, -0.15) is 0 Å². The first-order chi connectivity index (χ1) is 8.29. The monoisotopic (exact) mass is 225 g/mol. The third-order valence-electron chi connectivity index (χ3n) is 2.76. The quantitative estimate of drug-likeness (QED) is 0.734. The van der Waals surface area contributed by atoms with Gasteiger partial charge in [0.25, 0.3) is 0 Å². The highest BCUT2D eigenvalue weighted by molar-refractivity contribution is 5.64. The lowest BCUT2D eigenvalue weighted by molar-refractivity contribution is -0.673. The largest absolute Gasteiger partial charge is 0.257 e. The van der Waals surface area contributed by atoms with Crippen LogP contribution in [0.5, 0.6) is 0 Å². The Hall–Kier alpha value is -1.96. The van der Waals surface area contributed by atoms with Crippen molar-refractivity contribution in [3.8, 4) is 0 Å². The van der Waals surface area contributed by atoms with E-state index in [9.17, 15) is 0 Å². The van der Waals surface area contributed by atoms with Gasteiger partial charge < -0.3 is 0 Å². The van der Waals surface area contributed by atoms with E-state index in [1.807, 2.05) is 24.3 Å². The summed E-state index contributed by atoms with van der Waals surface area (Å²) in [6.45, 7) is 2.17. The van der Waals surface area contributed by atoms with Crippen LogP contribution in [0, 0.1) is 0 Å². The topological polar surface area (TPSA) is 16.8 Å². The number of aryl methyl sites for hydroxylation is 2. The molecule has 0 atom stereocenters. The van der Waals surface area contributed by atoms with E-state index in [4.69, 9.17) is 0 Å². The van der Waals surface area contributed by atoms with Gasteiger partial charge in [-0.15, -0.1) is 0 Å². The van der Waals surface area contributed by atoms with Crippen molar-refractivity contribution < 1.29 is 4.57 Å². The van der Waals surface area contributed by atoms with E-state index in [2.05, 4.69) is 47.9 Å². The third-order valence-corrected chi connectivity index (χ3v) is 2.76. The lowest BCUT2D eigenvalue weighted by Crippen LogP contribution is -2.31.